The number of nitrogens with zero attached hydrogens (tertiary/aromatic N) is 1. The molecule has 0 spiro atoms. The number of sulfone groups is 1. The highest BCUT2D eigenvalue weighted by atomic mass is 32.2. The highest BCUT2D eigenvalue weighted by Gasteiger charge is 2.42. The van der Waals surface area contributed by atoms with Crippen LogP contribution in [0.2, 0.25) is 0 Å². The molecule has 0 N–H and O–H groups in total. The van der Waals surface area contributed by atoms with E-state index in [1.54, 1.807) is 0 Å². The molecule has 0 radical (unpaired) electrons. The van der Waals surface area contributed by atoms with E-state index in [1.807, 2.05) is 6.07 Å². The number of hydrogen-bond donors (Lipinski definition) is 0. The van der Waals surface area contributed by atoms with Crippen LogP contribution in [0.5, 0.6) is 0 Å². The number of alkyl halides is 2. The molecule has 9 heteroatoms. The van der Waals surface area contributed by atoms with Gasteiger partial charge < -0.3 is 4.74 Å². The van der Waals surface area contributed by atoms with Crippen molar-refractivity contribution in [3.05, 3.63) is 63.5 Å². The number of carbonyl (C=O) groups is 1. The number of hydrogen-bond acceptors (Lipinski definition) is 5. The third-order valence-corrected chi connectivity index (χ3v) is 7.28. The van der Waals surface area contributed by atoms with Gasteiger partial charge in [-0.2, -0.15) is 5.26 Å². The predicted octanol–water partition coefficient (Wildman–Crippen LogP) is 4.54. The summed E-state index contributed by atoms with van der Waals surface area (Å²) in [5.74, 6) is -2.03. The van der Waals surface area contributed by atoms with Crippen LogP contribution >= 0.6 is 0 Å². The van der Waals surface area contributed by atoms with Gasteiger partial charge in [-0.15, -0.1) is 0 Å². The van der Waals surface area contributed by atoms with E-state index in [0.29, 0.717) is 16.7 Å². The molecule has 2 aliphatic carbocycles. The molecule has 4 atom stereocenters. The topological polar surface area (TPSA) is 84.2 Å². The van der Waals surface area contributed by atoms with Crippen LogP contribution in [0.4, 0.5) is 13.2 Å². The van der Waals surface area contributed by atoms with E-state index >= 15 is 0 Å². The Kier molecular flexibility index (Phi) is 5.53. The van der Waals surface area contributed by atoms with Gasteiger partial charge in [-0.1, -0.05) is 6.07 Å². The molecule has 4 rings (SSSR count). The number of benzene rings is 2. The molecule has 2 aromatic carbocycles. The van der Waals surface area contributed by atoms with E-state index in [4.69, 9.17) is 4.74 Å². The van der Waals surface area contributed by atoms with Crippen LogP contribution in [-0.4, -0.2) is 26.8 Å². The van der Waals surface area contributed by atoms with E-state index in [0.717, 1.165) is 25.3 Å². The second-order valence-electron chi connectivity index (χ2n) is 8.23. The third kappa shape index (κ3) is 3.66. The molecule has 2 aromatic rings. The van der Waals surface area contributed by atoms with Crippen molar-refractivity contribution in [3.8, 4) is 6.07 Å². The lowest BCUT2D eigenvalue weighted by Crippen LogP contribution is -2.18. The average Bonchev–Trinajstić information content (AvgIpc) is 3.02. The minimum absolute atomic E-state index is 0.0142. The van der Waals surface area contributed by atoms with Gasteiger partial charge in [0.1, 0.15) is 18.2 Å². The van der Waals surface area contributed by atoms with Gasteiger partial charge >= 0.3 is 5.97 Å². The summed E-state index contributed by atoms with van der Waals surface area (Å²) in [5.41, 5.74) is 1.37. The predicted molar refractivity (Wildman–Crippen MR) is 109 cm³/mol. The number of rotatable bonds is 3. The monoisotopic (exact) mass is 463 g/mol. The van der Waals surface area contributed by atoms with Gasteiger partial charge in [0.15, 0.2) is 15.9 Å². The zero-order chi connectivity index (χ0) is 23.4. The van der Waals surface area contributed by atoms with Crippen molar-refractivity contribution in [3.63, 3.8) is 0 Å². The largest absolute Gasteiger partial charge is 0.454 e. The van der Waals surface area contributed by atoms with Crippen molar-refractivity contribution in [2.45, 2.75) is 55.4 Å². The second-order valence-corrected chi connectivity index (χ2v) is 10.2. The Morgan fingerprint density at radius 2 is 1.88 bits per heavy atom. The quantitative estimate of drug-likeness (QED) is 0.625. The fraction of sp³-hybridized carbons (Fsp3) is 0.391. The first kappa shape index (κ1) is 22.3. The van der Waals surface area contributed by atoms with Gasteiger partial charge in [0.25, 0.3) is 0 Å². The summed E-state index contributed by atoms with van der Waals surface area (Å²) in [6.45, 7) is 1.11. The fourth-order valence-electron chi connectivity index (χ4n) is 4.95. The Hall–Kier alpha value is -2.86. The summed E-state index contributed by atoms with van der Waals surface area (Å²) in [5, 5.41) is 9.56. The molecule has 0 bridgehead atoms. The van der Waals surface area contributed by atoms with Crippen LogP contribution < -0.4 is 0 Å². The second kappa shape index (κ2) is 7.93. The first-order valence-corrected chi connectivity index (χ1v) is 12.0. The molecule has 0 heterocycles. The van der Waals surface area contributed by atoms with Crippen LogP contribution in [0.15, 0.2) is 29.2 Å². The maximum absolute atomic E-state index is 15.0. The Morgan fingerprint density at radius 3 is 2.50 bits per heavy atom. The Balaban J connectivity index is 1.97. The number of fused-ring (bicyclic) bond motifs is 2. The lowest BCUT2D eigenvalue weighted by atomic mass is 9.74. The highest BCUT2D eigenvalue weighted by Crippen LogP contribution is 2.50. The van der Waals surface area contributed by atoms with Crippen LogP contribution in [0, 0.1) is 17.1 Å². The Morgan fingerprint density at radius 1 is 1.16 bits per heavy atom. The number of carbonyl (C=O) groups excluding carboxylic acids is 1. The molecule has 0 aromatic heterocycles. The fourth-order valence-corrected chi connectivity index (χ4v) is 5.90. The van der Waals surface area contributed by atoms with Crippen molar-refractivity contribution >= 4 is 15.8 Å². The van der Waals surface area contributed by atoms with Crippen molar-refractivity contribution < 1.29 is 31.1 Å². The Labute approximate surface area is 183 Å². The number of nitriles is 1. The third-order valence-electron chi connectivity index (χ3n) is 6.13. The van der Waals surface area contributed by atoms with E-state index < -0.39 is 46.0 Å². The zero-order valence-electron chi connectivity index (χ0n) is 17.4. The Bertz CT molecular complexity index is 1270. The average molecular weight is 463 g/mol. The summed E-state index contributed by atoms with van der Waals surface area (Å²) < 4.78 is 73.6. The lowest BCUT2D eigenvalue weighted by Gasteiger charge is -2.31. The first-order valence-electron chi connectivity index (χ1n) is 10.1. The smallest absolute Gasteiger partial charge is 0.303 e. The van der Waals surface area contributed by atoms with Gasteiger partial charge in [-0.05, 0) is 53.3 Å². The molecule has 32 heavy (non-hydrogen) atoms. The van der Waals surface area contributed by atoms with Gasteiger partial charge in [-0.25, -0.2) is 21.6 Å². The van der Waals surface area contributed by atoms with Gasteiger partial charge in [0.2, 0.25) is 0 Å². The first-order chi connectivity index (χ1) is 15.0. The molecule has 0 saturated heterocycles. The van der Waals surface area contributed by atoms with E-state index in [9.17, 15) is 31.6 Å². The minimum atomic E-state index is -3.78. The van der Waals surface area contributed by atoms with Crippen LogP contribution in [0.1, 0.15) is 71.3 Å². The number of esters is 1. The maximum Gasteiger partial charge on any atom is 0.303 e. The van der Waals surface area contributed by atoms with Crippen molar-refractivity contribution in [1.29, 1.82) is 5.26 Å². The normalized spacial score (nSPS) is 24.4. The number of halogens is 3. The van der Waals surface area contributed by atoms with E-state index in [2.05, 4.69) is 0 Å². The molecular formula is C23H20F3NO4S. The maximum atomic E-state index is 15.0. The van der Waals surface area contributed by atoms with Gasteiger partial charge in [-0.3, -0.25) is 4.79 Å². The summed E-state index contributed by atoms with van der Waals surface area (Å²) in [6, 6.07) is 6.89. The lowest BCUT2D eigenvalue weighted by molar-refractivity contribution is -0.149. The van der Waals surface area contributed by atoms with Crippen molar-refractivity contribution in [2.75, 3.05) is 6.26 Å². The molecule has 0 amide bonds. The SMILES string of the molecule is CC(=O)O[C@H]1c2c(S(C)(=O)=O)ccc([C@H]3CC[C@H](F)c4cc(F)cc(C#N)c43)c2C[C@H]1F. The molecule has 0 fully saturated rings. The molecular weight excluding hydrogens is 443 g/mol. The highest BCUT2D eigenvalue weighted by molar-refractivity contribution is 7.90. The molecule has 0 aliphatic heterocycles. The van der Waals surface area contributed by atoms with E-state index in [1.165, 1.54) is 12.1 Å². The van der Waals surface area contributed by atoms with Crippen LogP contribution in [0.3, 0.4) is 0 Å². The van der Waals surface area contributed by atoms with Gasteiger partial charge in [0, 0.05) is 31.1 Å². The minimum Gasteiger partial charge on any atom is -0.454 e. The standard InChI is InChI=1S/C23H20F3NO4S/c1-11(28)31-23-19(26)9-16-14(4-6-20(22(16)23)32(2,29)30)15-3-5-18(25)17-8-13(24)7-12(10-27)21(15)17/h4,6-8,15,18-19,23H,3,5,9H2,1-2H3/t15-,18+,19-,23-/m1/s1. The molecule has 0 saturated carbocycles. The van der Waals surface area contributed by atoms with Gasteiger partial charge in [0.05, 0.1) is 16.5 Å². The molecule has 0 unspecified atom stereocenters. The van der Waals surface area contributed by atoms with E-state index in [-0.39, 0.29) is 40.8 Å². The zero-order valence-corrected chi connectivity index (χ0v) is 18.2. The summed E-state index contributed by atoms with van der Waals surface area (Å²) >= 11 is 0. The molecule has 5 nitrogen and oxygen atoms in total. The summed E-state index contributed by atoms with van der Waals surface area (Å²) in [6.07, 6.45) is -3.35. The summed E-state index contributed by atoms with van der Waals surface area (Å²) in [4.78, 5) is 11.4. The molecule has 168 valence electrons. The van der Waals surface area contributed by atoms with Crippen LogP contribution in [-0.2, 0) is 25.8 Å². The summed E-state index contributed by atoms with van der Waals surface area (Å²) in [7, 11) is -3.78. The van der Waals surface area contributed by atoms with Crippen molar-refractivity contribution in [2.24, 2.45) is 0 Å². The molecule has 2 aliphatic rings. The van der Waals surface area contributed by atoms with Crippen molar-refractivity contribution in [1.82, 2.24) is 0 Å². The number of ether oxygens (including phenoxy) is 1. The van der Waals surface area contributed by atoms with Crippen LogP contribution in [0.25, 0.3) is 0 Å².